The van der Waals surface area contributed by atoms with Crippen LogP contribution in [0.5, 0.6) is 0 Å². The van der Waals surface area contributed by atoms with E-state index in [2.05, 4.69) is 81.5 Å². The molecule has 0 aliphatic heterocycles. The molecule has 0 radical (unpaired) electrons. The number of carbonyl (C=O) groups excluding carboxylic acids is 3. The summed E-state index contributed by atoms with van der Waals surface area (Å²) in [5, 5.41) is 0. The first-order valence-corrected chi connectivity index (χ1v) is 24.3. The van der Waals surface area contributed by atoms with E-state index in [1.807, 2.05) is 0 Å². The molecule has 6 nitrogen and oxygen atoms in total. The Morgan fingerprint density at radius 2 is 0.690 bits per heavy atom. The zero-order valence-electron chi connectivity index (χ0n) is 38.0. The van der Waals surface area contributed by atoms with Gasteiger partial charge in [0.1, 0.15) is 13.2 Å². The number of ether oxygens (including phenoxy) is 3. The molecule has 0 amide bonds. The van der Waals surface area contributed by atoms with Crippen LogP contribution in [0.15, 0.2) is 60.8 Å². The highest BCUT2D eigenvalue weighted by Gasteiger charge is 2.19. The van der Waals surface area contributed by atoms with Gasteiger partial charge in [0.25, 0.3) is 0 Å². The van der Waals surface area contributed by atoms with Crippen molar-refractivity contribution in [3.8, 4) is 0 Å². The van der Waals surface area contributed by atoms with Gasteiger partial charge in [0.15, 0.2) is 6.10 Å². The first-order valence-electron chi connectivity index (χ1n) is 24.3. The first kappa shape index (κ1) is 55.1. The van der Waals surface area contributed by atoms with E-state index in [0.29, 0.717) is 19.3 Å². The quantitative estimate of drug-likeness (QED) is 0.0264. The molecule has 0 spiro atoms. The van der Waals surface area contributed by atoms with E-state index in [1.54, 1.807) is 0 Å². The molecule has 1 unspecified atom stereocenters. The van der Waals surface area contributed by atoms with Gasteiger partial charge >= 0.3 is 17.9 Å². The van der Waals surface area contributed by atoms with E-state index in [-0.39, 0.29) is 37.5 Å². The molecule has 0 saturated heterocycles. The summed E-state index contributed by atoms with van der Waals surface area (Å²) in [4.78, 5) is 37.8. The van der Waals surface area contributed by atoms with Gasteiger partial charge in [-0.2, -0.15) is 0 Å². The van der Waals surface area contributed by atoms with Crippen LogP contribution in [0.4, 0.5) is 0 Å². The predicted octanol–water partition coefficient (Wildman–Crippen LogP) is 15.7. The number of esters is 3. The van der Waals surface area contributed by atoms with Gasteiger partial charge in [0.2, 0.25) is 0 Å². The number of unbranched alkanes of at least 4 members (excludes halogenated alkanes) is 22. The highest BCUT2D eigenvalue weighted by atomic mass is 16.6. The number of hydrogen-bond donors (Lipinski definition) is 0. The molecule has 0 aromatic heterocycles. The molecule has 0 heterocycles. The third-order valence-corrected chi connectivity index (χ3v) is 10.2. The molecule has 0 rings (SSSR count). The lowest BCUT2D eigenvalue weighted by molar-refractivity contribution is -0.167. The number of allylic oxidation sites excluding steroid dienone is 10. The lowest BCUT2D eigenvalue weighted by Gasteiger charge is -2.18. The Kier molecular flexibility index (Phi) is 44.5. The highest BCUT2D eigenvalue weighted by Crippen LogP contribution is 2.13. The summed E-state index contributed by atoms with van der Waals surface area (Å²) in [6.07, 6.45) is 56.4. The molecule has 0 saturated carbocycles. The van der Waals surface area contributed by atoms with Gasteiger partial charge in [0, 0.05) is 19.3 Å². The summed E-state index contributed by atoms with van der Waals surface area (Å²) in [5.41, 5.74) is 0. The van der Waals surface area contributed by atoms with Crippen molar-refractivity contribution < 1.29 is 28.6 Å². The fourth-order valence-corrected chi connectivity index (χ4v) is 6.55. The van der Waals surface area contributed by atoms with E-state index in [4.69, 9.17) is 14.2 Å². The summed E-state index contributed by atoms with van der Waals surface area (Å²) in [6, 6.07) is 0. The van der Waals surface area contributed by atoms with Crippen molar-refractivity contribution in [1.82, 2.24) is 0 Å². The summed E-state index contributed by atoms with van der Waals surface area (Å²) >= 11 is 0. The van der Waals surface area contributed by atoms with Gasteiger partial charge in [-0.15, -0.1) is 0 Å². The number of carbonyl (C=O) groups is 3. The summed E-state index contributed by atoms with van der Waals surface area (Å²) < 4.78 is 16.7. The molecular weight excluding hydrogens is 721 g/mol. The molecule has 0 aliphatic rings. The summed E-state index contributed by atoms with van der Waals surface area (Å²) in [7, 11) is 0. The van der Waals surface area contributed by atoms with Gasteiger partial charge in [0.05, 0.1) is 0 Å². The Balaban J connectivity index is 4.39. The molecular formula is C52H90O6. The second kappa shape index (κ2) is 46.8. The molecule has 1 atom stereocenters. The topological polar surface area (TPSA) is 78.9 Å². The minimum atomic E-state index is -0.796. The summed E-state index contributed by atoms with van der Waals surface area (Å²) in [5.74, 6) is -0.950. The van der Waals surface area contributed by atoms with Crippen LogP contribution in [0.2, 0.25) is 0 Å². The van der Waals surface area contributed by atoms with Crippen molar-refractivity contribution >= 4 is 17.9 Å². The maximum absolute atomic E-state index is 12.7. The van der Waals surface area contributed by atoms with E-state index < -0.39 is 6.10 Å². The van der Waals surface area contributed by atoms with Gasteiger partial charge in [-0.05, 0) is 96.3 Å². The van der Waals surface area contributed by atoms with Crippen LogP contribution in [-0.4, -0.2) is 37.2 Å². The zero-order valence-corrected chi connectivity index (χ0v) is 38.0. The fraction of sp³-hybridized carbons (Fsp3) is 0.750. The zero-order chi connectivity index (χ0) is 42.3. The van der Waals surface area contributed by atoms with Crippen LogP contribution in [0.3, 0.4) is 0 Å². The summed E-state index contributed by atoms with van der Waals surface area (Å²) in [6.45, 7) is 6.43. The van der Waals surface area contributed by atoms with E-state index in [1.165, 1.54) is 109 Å². The van der Waals surface area contributed by atoms with E-state index in [9.17, 15) is 14.4 Å². The highest BCUT2D eigenvalue weighted by molar-refractivity contribution is 5.71. The van der Waals surface area contributed by atoms with Gasteiger partial charge < -0.3 is 14.2 Å². The molecule has 0 aromatic rings. The van der Waals surface area contributed by atoms with Crippen LogP contribution in [0.1, 0.15) is 233 Å². The second-order valence-corrected chi connectivity index (χ2v) is 16.0. The Morgan fingerprint density at radius 1 is 0.362 bits per heavy atom. The Hall–Kier alpha value is -2.89. The molecule has 334 valence electrons. The Labute approximate surface area is 358 Å². The van der Waals surface area contributed by atoms with Crippen molar-refractivity contribution in [2.24, 2.45) is 0 Å². The van der Waals surface area contributed by atoms with Crippen LogP contribution in [-0.2, 0) is 28.6 Å². The molecule has 0 fully saturated rings. The van der Waals surface area contributed by atoms with Crippen LogP contribution in [0.25, 0.3) is 0 Å². The van der Waals surface area contributed by atoms with Crippen molar-refractivity contribution in [3.63, 3.8) is 0 Å². The SMILES string of the molecule is CC/C=C\C/C=C\C/C=C\CCCCC(=O)OC(COC(=O)CCCCCCC/C=C\CCCC)COC(=O)CCCCCCCCC/C=C\CCCCCCCC. The van der Waals surface area contributed by atoms with Crippen molar-refractivity contribution in [2.45, 2.75) is 239 Å². The monoisotopic (exact) mass is 811 g/mol. The van der Waals surface area contributed by atoms with Crippen LogP contribution in [0, 0.1) is 0 Å². The third kappa shape index (κ3) is 44.2. The number of hydrogen-bond acceptors (Lipinski definition) is 6. The Bertz CT molecular complexity index is 1070. The van der Waals surface area contributed by atoms with Gasteiger partial charge in [-0.3, -0.25) is 14.4 Å². The minimum absolute atomic E-state index is 0.0946. The van der Waals surface area contributed by atoms with Gasteiger partial charge in [-0.1, -0.05) is 178 Å². The molecule has 58 heavy (non-hydrogen) atoms. The van der Waals surface area contributed by atoms with Crippen molar-refractivity contribution in [1.29, 1.82) is 0 Å². The van der Waals surface area contributed by atoms with Crippen LogP contribution < -0.4 is 0 Å². The molecule has 0 bridgehead atoms. The molecule has 6 heteroatoms. The molecule has 0 N–H and O–H groups in total. The second-order valence-electron chi connectivity index (χ2n) is 16.0. The molecule has 0 aromatic carbocycles. The number of rotatable bonds is 43. The first-order chi connectivity index (χ1) is 28.5. The maximum atomic E-state index is 12.7. The van der Waals surface area contributed by atoms with Crippen molar-refractivity contribution in [3.05, 3.63) is 60.8 Å². The smallest absolute Gasteiger partial charge is 0.306 e. The van der Waals surface area contributed by atoms with Gasteiger partial charge in [-0.25, -0.2) is 0 Å². The predicted molar refractivity (Wildman–Crippen MR) is 247 cm³/mol. The average Bonchev–Trinajstić information content (AvgIpc) is 3.22. The fourth-order valence-electron chi connectivity index (χ4n) is 6.55. The van der Waals surface area contributed by atoms with E-state index >= 15 is 0 Å². The standard InChI is InChI=1S/C52H90O6/c1-4-7-10-13-16-19-22-24-25-26-27-28-31-33-36-39-42-45-51(54)57-48-49(47-56-50(53)44-41-38-35-32-29-21-18-15-12-9-6-3)58-52(55)46-43-40-37-34-30-23-20-17-14-11-8-5-2/h8,11,15,17-18,20,24-25,30,34,49H,4-7,9-10,12-14,16,19,21-23,26-29,31-33,35-48H2,1-3H3/b11-8-,18-15-,20-17-,25-24-,34-30-. The van der Waals surface area contributed by atoms with E-state index in [0.717, 1.165) is 77.0 Å². The third-order valence-electron chi connectivity index (χ3n) is 10.2. The Morgan fingerprint density at radius 3 is 1.16 bits per heavy atom. The van der Waals surface area contributed by atoms with Crippen molar-refractivity contribution in [2.75, 3.05) is 13.2 Å². The maximum Gasteiger partial charge on any atom is 0.306 e. The minimum Gasteiger partial charge on any atom is -0.462 e. The lowest BCUT2D eigenvalue weighted by Crippen LogP contribution is -2.30. The lowest BCUT2D eigenvalue weighted by atomic mass is 10.1. The molecule has 0 aliphatic carbocycles. The average molecular weight is 811 g/mol. The largest absolute Gasteiger partial charge is 0.462 e. The normalized spacial score (nSPS) is 12.5. The van der Waals surface area contributed by atoms with Crippen LogP contribution >= 0.6 is 0 Å².